The summed E-state index contributed by atoms with van der Waals surface area (Å²) in [7, 11) is 0. The molecule has 1 atom stereocenters. The number of non-ortho nitro benzene ring substituents is 1. The average Bonchev–Trinajstić information content (AvgIpc) is 2.55. The number of amides is 1. The Bertz CT molecular complexity index is 701. The number of rotatable bonds is 6. The Labute approximate surface area is 134 Å². The van der Waals surface area contributed by atoms with Gasteiger partial charge in [-0.1, -0.05) is 36.4 Å². The fourth-order valence-corrected chi connectivity index (χ4v) is 2.24. The maximum Gasteiger partial charge on any atom is 0.279 e. The van der Waals surface area contributed by atoms with E-state index in [0.29, 0.717) is 5.69 Å². The minimum absolute atomic E-state index is 0.0347. The number of carbonyl (C=O) groups is 1. The predicted octanol–water partition coefficient (Wildman–Crippen LogP) is 2.17. The highest BCUT2D eigenvalue weighted by Crippen LogP contribution is 2.21. The summed E-state index contributed by atoms with van der Waals surface area (Å²) in [6.07, 6.45) is 0. The molecule has 0 aliphatic carbocycles. The van der Waals surface area contributed by atoms with Gasteiger partial charge in [0.1, 0.15) is 6.04 Å². The van der Waals surface area contributed by atoms with Gasteiger partial charge in [-0.2, -0.15) is 0 Å². The number of quaternary nitrogens is 1. The van der Waals surface area contributed by atoms with Gasteiger partial charge in [0.05, 0.1) is 10.6 Å². The van der Waals surface area contributed by atoms with E-state index in [9.17, 15) is 14.9 Å². The van der Waals surface area contributed by atoms with Crippen molar-refractivity contribution in [2.45, 2.75) is 19.9 Å². The standard InChI is InChI=1S/C17H19N3O3/c1-12-8-9-15(20(22)23)10-16(12)19-17(21)11-18-13(2)14-6-4-3-5-7-14/h3-10,13,18H,11H2,1-2H3,(H,19,21)/p+1/t13-/m1/s1. The van der Waals surface area contributed by atoms with Crippen molar-refractivity contribution >= 4 is 17.3 Å². The van der Waals surface area contributed by atoms with E-state index in [1.165, 1.54) is 12.1 Å². The van der Waals surface area contributed by atoms with Crippen LogP contribution in [0.5, 0.6) is 0 Å². The van der Waals surface area contributed by atoms with Crippen molar-refractivity contribution in [3.05, 3.63) is 69.8 Å². The highest BCUT2D eigenvalue weighted by molar-refractivity contribution is 5.92. The van der Waals surface area contributed by atoms with Gasteiger partial charge in [0.2, 0.25) is 0 Å². The molecule has 0 saturated heterocycles. The lowest BCUT2D eigenvalue weighted by Crippen LogP contribution is -2.86. The van der Waals surface area contributed by atoms with Crippen LogP contribution in [0.15, 0.2) is 48.5 Å². The van der Waals surface area contributed by atoms with Crippen molar-refractivity contribution in [2.24, 2.45) is 0 Å². The molecule has 2 rings (SSSR count). The molecule has 2 aromatic rings. The second kappa shape index (κ2) is 7.51. The Morgan fingerprint density at radius 2 is 1.96 bits per heavy atom. The number of carbonyl (C=O) groups excluding carboxylic acids is 1. The van der Waals surface area contributed by atoms with Gasteiger partial charge in [0, 0.05) is 17.7 Å². The summed E-state index contributed by atoms with van der Waals surface area (Å²) < 4.78 is 0. The molecule has 0 aromatic heterocycles. The molecular weight excluding hydrogens is 294 g/mol. The number of hydrogen-bond acceptors (Lipinski definition) is 3. The quantitative estimate of drug-likeness (QED) is 0.632. The number of anilines is 1. The van der Waals surface area contributed by atoms with Gasteiger partial charge in [-0.15, -0.1) is 0 Å². The lowest BCUT2D eigenvalue weighted by molar-refractivity contribution is -0.682. The van der Waals surface area contributed by atoms with E-state index in [2.05, 4.69) is 5.32 Å². The van der Waals surface area contributed by atoms with Crippen molar-refractivity contribution < 1.29 is 15.0 Å². The molecule has 0 saturated carbocycles. The first kappa shape index (κ1) is 16.6. The summed E-state index contributed by atoms with van der Waals surface area (Å²) in [5, 5.41) is 15.5. The van der Waals surface area contributed by atoms with E-state index in [0.717, 1.165) is 11.1 Å². The lowest BCUT2D eigenvalue weighted by Gasteiger charge is -2.12. The third kappa shape index (κ3) is 4.62. The first-order valence-electron chi connectivity index (χ1n) is 7.40. The van der Waals surface area contributed by atoms with Crippen LogP contribution in [0.4, 0.5) is 11.4 Å². The molecular formula is C17H20N3O3+. The molecule has 0 heterocycles. The highest BCUT2D eigenvalue weighted by Gasteiger charge is 2.14. The molecule has 0 bridgehead atoms. The van der Waals surface area contributed by atoms with Gasteiger partial charge in [-0.25, -0.2) is 0 Å². The molecule has 0 unspecified atom stereocenters. The van der Waals surface area contributed by atoms with Crippen LogP contribution in [-0.4, -0.2) is 17.4 Å². The summed E-state index contributed by atoms with van der Waals surface area (Å²) >= 11 is 0. The van der Waals surface area contributed by atoms with Crippen LogP contribution < -0.4 is 10.6 Å². The molecule has 0 radical (unpaired) electrons. The number of aryl methyl sites for hydroxylation is 1. The van der Waals surface area contributed by atoms with Gasteiger partial charge in [0.25, 0.3) is 11.6 Å². The molecule has 120 valence electrons. The molecule has 0 aliphatic rings. The maximum absolute atomic E-state index is 12.1. The molecule has 6 heteroatoms. The molecule has 1 amide bonds. The second-order valence-corrected chi connectivity index (χ2v) is 5.44. The summed E-state index contributed by atoms with van der Waals surface area (Å²) in [5.41, 5.74) is 2.38. The van der Waals surface area contributed by atoms with Crippen LogP contribution in [0.1, 0.15) is 24.1 Å². The van der Waals surface area contributed by atoms with E-state index in [1.807, 2.05) is 42.6 Å². The van der Waals surface area contributed by atoms with Crippen LogP contribution in [-0.2, 0) is 4.79 Å². The van der Waals surface area contributed by atoms with E-state index >= 15 is 0 Å². The number of nitrogens with zero attached hydrogens (tertiary/aromatic N) is 1. The van der Waals surface area contributed by atoms with E-state index in [-0.39, 0.29) is 24.2 Å². The lowest BCUT2D eigenvalue weighted by atomic mass is 10.1. The summed E-state index contributed by atoms with van der Waals surface area (Å²) in [6.45, 7) is 4.08. The number of hydrogen-bond donors (Lipinski definition) is 2. The average molecular weight is 314 g/mol. The fraction of sp³-hybridized carbons (Fsp3) is 0.235. The Balaban J connectivity index is 1.95. The largest absolute Gasteiger partial charge is 0.333 e. The van der Waals surface area contributed by atoms with Gasteiger partial charge < -0.3 is 10.6 Å². The number of nitro groups is 1. The molecule has 6 nitrogen and oxygen atoms in total. The van der Waals surface area contributed by atoms with Crippen LogP contribution in [0.25, 0.3) is 0 Å². The fourth-order valence-electron chi connectivity index (χ4n) is 2.24. The molecule has 0 aliphatic heterocycles. The number of nitrogens with two attached hydrogens (primary N) is 1. The number of nitro benzene ring substituents is 1. The Kier molecular flexibility index (Phi) is 5.43. The smallest absolute Gasteiger partial charge is 0.279 e. The zero-order valence-electron chi connectivity index (χ0n) is 13.2. The zero-order valence-corrected chi connectivity index (χ0v) is 13.2. The Morgan fingerprint density at radius 1 is 1.26 bits per heavy atom. The van der Waals surface area contributed by atoms with Gasteiger partial charge in [-0.3, -0.25) is 14.9 Å². The van der Waals surface area contributed by atoms with Gasteiger partial charge in [-0.05, 0) is 19.4 Å². The topological polar surface area (TPSA) is 88.9 Å². The summed E-state index contributed by atoms with van der Waals surface area (Å²) in [5.74, 6) is -0.184. The van der Waals surface area contributed by atoms with Crippen LogP contribution >= 0.6 is 0 Å². The van der Waals surface area contributed by atoms with Crippen molar-refractivity contribution in [1.82, 2.24) is 0 Å². The normalized spacial score (nSPS) is 11.7. The van der Waals surface area contributed by atoms with Crippen LogP contribution in [0, 0.1) is 17.0 Å². The van der Waals surface area contributed by atoms with E-state index in [1.54, 1.807) is 13.0 Å². The minimum atomic E-state index is -0.474. The molecule has 3 N–H and O–H groups in total. The number of benzene rings is 2. The second-order valence-electron chi connectivity index (χ2n) is 5.44. The first-order valence-corrected chi connectivity index (χ1v) is 7.40. The highest BCUT2D eigenvalue weighted by atomic mass is 16.6. The number of nitrogens with one attached hydrogen (secondary N) is 1. The van der Waals surface area contributed by atoms with Crippen molar-refractivity contribution in [2.75, 3.05) is 11.9 Å². The third-order valence-electron chi connectivity index (χ3n) is 3.69. The van der Waals surface area contributed by atoms with E-state index < -0.39 is 4.92 Å². The third-order valence-corrected chi connectivity index (χ3v) is 3.69. The van der Waals surface area contributed by atoms with Crippen molar-refractivity contribution in [1.29, 1.82) is 0 Å². The minimum Gasteiger partial charge on any atom is -0.333 e. The Morgan fingerprint density at radius 3 is 2.61 bits per heavy atom. The monoisotopic (exact) mass is 314 g/mol. The Hall–Kier alpha value is -2.73. The van der Waals surface area contributed by atoms with Crippen LogP contribution in [0.3, 0.4) is 0 Å². The zero-order chi connectivity index (χ0) is 16.8. The van der Waals surface area contributed by atoms with Gasteiger partial charge in [0.15, 0.2) is 6.54 Å². The van der Waals surface area contributed by atoms with Crippen molar-refractivity contribution in [3.63, 3.8) is 0 Å². The van der Waals surface area contributed by atoms with Crippen molar-refractivity contribution in [3.8, 4) is 0 Å². The molecule has 2 aromatic carbocycles. The molecule has 0 spiro atoms. The molecule has 23 heavy (non-hydrogen) atoms. The van der Waals surface area contributed by atoms with E-state index in [4.69, 9.17) is 0 Å². The molecule has 0 fully saturated rings. The SMILES string of the molecule is Cc1ccc([N+](=O)[O-])cc1NC(=O)C[NH2+][C@H](C)c1ccccc1. The first-order chi connectivity index (χ1) is 11.0. The predicted molar refractivity (Wildman–Crippen MR) is 88.1 cm³/mol. The van der Waals surface area contributed by atoms with Crippen LogP contribution in [0.2, 0.25) is 0 Å². The summed E-state index contributed by atoms with van der Waals surface area (Å²) in [6, 6.07) is 14.5. The van der Waals surface area contributed by atoms with Gasteiger partial charge >= 0.3 is 0 Å². The maximum atomic E-state index is 12.1. The summed E-state index contributed by atoms with van der Waals surface area (Å²) in [4.78, 5) is 22.4.